The van der Waals surface area contributed by atoms with E-state index < -0.39 is 10.8 Å². The van der Waals surface area contributed by atoms with Gasteiger partial charge >= 0.3 is 0 Å². The number of nitrogens with one attached hydrogen (secondary N) is 1. The van der Waals surface area contributed by atoms with Crippen molar-refractivity contribution >= 4 is 41.0 Å². The van der Waals surface area contributed by atoms with Crippen molar-refractivity contribution in [2.24, 2.45) is 0 Å². The van der Waals surface area contributed by atoms with Gasteiger partial charge in [-0.25, -0.2) is 0 Å². The number of carbonyl (C=O) groups is 1. The fraction of sp³-hybridized carbons (Fsp3) is 0.308. The Morgan fingerprint density at radius 1 is 1.27 bits per heavy atom. The van der Waals surface area contributed by atoms with Crippen molar-refractivity contribution in [1.29, 1.82) is 5.26 Å². The minimum absolute atomic E-state index is 0.0324. The summed E-state index contributed by atoms with van der Waals surface area (Å²) in [5.41, 5.74) is 0.940. The second-order valence-corrected chi connectivity index (χ2v) is 10.1. The van der Waals surface area contributed by atoms with Gasteiger partial charge in [-0.1, -0.05) is 43.0 Å². The van der Waals surface area contributed by atoms with Crippen molar-refractivity contribution in [2.45, 2.75) is 61.7 Å². The van der Waals surface area contributed by atoms with Gasteiger partial charge in [0.2, 0.25) is 0 Å². The summed E-state index contributed by atoms with van der Waals surface area (Å²) in [6.07, 6.45) is 6.38. The summed E-state index contributed by atoms with van der Waals surface area (Å²) in [5.74, 6) is 0.160. The van der Waals surface area contributed by atoms with E-state index in [0.29, 0.717) is 33.0 Å². The summed E-state index contributed by atoms with van der Waals surface area (Å²) >= 11 is 7.41. The van der Waals surface area contributed by atoms with E-state index in [1.54, 1.807) is 18.2 Å². The van der Waals surface area contributed by atoms with Gasteiger partial charge in [0.25, 0.3) is 11.6 Å². The van der Waals surface area contributed by atoms with Crippen LogP contribution in [0.5, 0.6) is 0 Å². The molecule has 0 bridgehead atoms. The van der Waals surface area contributed by atoms with Crippen LogP contribution in [0.15, 0.2) is 58.1 Å². The maximum Gasteiger partial charge on any atom is 0.270 e. The highest BCUT2D eigenvalue weighted by Crippen LogP contribution is 2.35. The molecule has 1 aromatic heterocycles. The van der Waals surface area contributed by atoms with Crippen LogP contribution >= 0.6 is 23.4 Å². The number of rotatable bonds is 8. The SMILES string of the molecule is CCn1c(Sc2ccc([N+](=O)[O-])cc2/C=C(\C#N)C(=O)NC2CCCCC2)nnc1-c1cccc(Cl)c1. The Balaban J connectivity index is 1.68. The van der Waals surface area contributed by atoms with Crippen LogP contribution in [0, 0.1) is 21.4 Å². The predicted molar refractivity (Wildman–Crippen MR) is 142 cm³/mol. The topological polar surface area (TPSA) is 127 Å². The van der Waals surface area contributed by atoms with E-state index in [1.807, 2.05) is 29.7 Å². The lowest BCUT2D eigenvalue weighted by Gasteiger charge is -2.22. The van der Waals surface area contributed by atoms with Gasteiger partial charge in [-0.2, -0.15) is 5.26 Å². The largest absolute Gasteiger partial charge is 0.349 e. The normalized spacial score (nSPS) is 14.2. The molecule has 0 atom stereocenters. The number of amides is 1. The average Bonchev–Trinajstić information content (AvgIpc) is 3.31. The number of carbonyl (C=O) groups excluding carboxylic acids is 1. The molecule has 1 amide bonds. The fourth-order valence-corrected chi connectivity index (χ4v) is 5.42. The maximum absolute atomic E-state index is 12.8. The zero-order chi connectivity index (χ0) is 26.4. The molecule has 9 nitrogen and oxygen atoms in total. The van der Waals surface area contributed by atoms with Crippen LogP contribution in [0.2, 0.25) is 5.02 Å². The van der Waals surface area contributed by atoms with E-state index in [1.165, 1.54) is 30.0 Å². The van der Waals surface area contributed by atoms with Crippen LogP contribution in [0.25, 0.3) is 17.5 Å². The van der Waals surface area contributed by atoms with Crippen molar-refractivity contribution in [3.8, 4) is 17.5 Å². The first-order valence-electron chi connectivity index (χ1n) is 12.0. The van der Waals surface area contributed by atoms with Crippen molar-refractivity contribution < 1.29 is 9.72 Å². The third-order valence-corrected chi connectivity index (χ3v) is 7.44. The Morgan fingerprint density at radius 3 is 2.73 bits per heavy atom. The van der Waals surface area contributed by atoms with E-state index in [0.717, 1.165) is 37.7 Å². The number of non-ortho nitro benzene ring substituents is 1. The highest BCUT2D eigenvalue weighted by Gasteiger charge is 2.21. The Hall–Kier alpha value is -3.68. The lowest BCUT2D eigenvalue weighted by molar-refractivity contribution is -0.384. The molecule has 0 aliphatic heterocycles. The quantitative estimate of drug-likeness (QED) is 0.161. The number of benzene rings is 2. The molecule has 1 N–H and O–H groups in total. The number of hydrogen-bond acceptors (Lipinski definition) is 7. The van der Waals surface area contributed by atoms with Crippen molar-refractivity contribution in [3.63, 3.8) is 0 Å². The minimum atomic E-state index is -0.508. The fourth-order valence-electron chi connectivity index (χ4n) is 4.26. The summed E-state index contributed by atoms with van der Waals surface area (Å²) < 4.78 is 1.91. The Kier molecular flexibility index (Phi) is 8.58. The monoisotopic (exact) mass is 536 g/mol. The number of hydrogen-bond donors (Lipinski definition) is 1. The van der Waals surface area contributed by atoms with Crippen LogP contribution in [-0.4, -0.2) is 31.6 Å². The third kappa shape index (κ3) is 6.37. The molecule has 1 heterocycles. The van der Waals surface area contributed by atoms with Crippen molar-refractivity contribution in [2.75, 3.05) is 0 Å². The second-order valence-electron chi connectivity index (χ2n) is 8.62. The van der Waals surface area contributed by atoms with Gasteiger partial charge in [0.05, 0.1) is 4.92 Å². The van der Waals surface area contributed by atoms with Crippen LogP contribution in [0.3, 0.4) is 0 Å². The van der Waals surface area contributed by atoms with Gasteiger partial charge in [0.15, 0.2) is 11.0 Å². The summed E-state index contributed by atoms with van der Waals surface area (Å²) in [5, 5.41) is 33.9. The maximum atomic E-state index is 12.8. The Labute approximate surface area is 223 Å². The highest BCUT2D eigenvalue weighted by molar-refractivity contribution is 7.99. The van der Waals surface area contributed by atoms with Gasteiger partial charge in [-0.15, -0.1) is 10.2 Å². The molecule has 1 fully saturated rings. The first kappa shape index (κ1) is 26.4. The predicted octanol–water partition coefficient (Wildman–Crippen LogP) is 6.03. The van der Waals surface area contributed by atoms with Gasteiger partial charge in [0.1, 0.15) is 11.6 Å². The number of aromatic nitrogens is 3. The Bertz CT molecular complexity index is 1390. The molecule has 3 aromatic rings. The summed E-state index contributed by atoms with van der Waals surface area (Å²) in [6, 6.07) is 13.6. The zero-order valence-electron chi connectivity index (χ0n) is 20.2. The smallest absolute Gasteiger partial charge is 0.270 e. The number of nitrogens with zero attached hydrogens (tertiary/aromatic N) is 5. The summed E-state index contributed by atoms with van der Waals surface area (Å²) in [6.45, 7) is 2.53. The third-order valence-electron chi connectivity index (χ3n) is 6.13. The van der Waals surface area contributed by atoms with E-state index in [-0.39, 0.29) is 17.3 Å². The minimum Gasteiger partial charge on any atom is -0.349 e. The second kappa shape index (κ2) is 12.0. The molecular weight excluding hydrogens is 512 g/mol. The standard InChI is InChI=1S/C26H25ClN6O3S/c1-2-32-24(17-7-6-8-20(27)14-17)30-31-26(32)37-23-12-11-22(33(35)36)15-18(23)13-19(16-28)25(34)29-21-9-4-3-5-10-21/h6-8,11-15,21H,2-5,9-10H2,1H3,(H,29,34)/b19-13+. The Morgan fingerprint density at radius 2 is 2.05 bits per heavy atom. The van der Waals surface area contributed by atoms with Crippen molar-refractivity contribution in [3.05, 3.63) is 68.7 Å². The molecule has 1 aliphatic carbocycles. The molecule has 1 aliphatic rings. The van der Waals surface area contributed by atoms with Crippen LogP contribution in [0.1, 0.15) is 44.6 Å². The van der Waals surface area contributed by atoms with E-state index in [4.69, 9.17) is 11.6 Å². The van der Waals surface area contributed by atoms with E-state index in [2.05, 4.69) is 15.5 Å². The highest BCUT2D eigenvalue weighted by atomic mass is 35.5. The molecule has 0 saturated heterocycles. The van der Waals surface area contributed by atoms with Gasteiger partial charge in [-0.05, 0) is 61.4 Å². The first-order chi connectivity index (χ1) is 17.9. The molecule has 37 heavy (non-hydrogen) atoms. The van der Waals surface area contributed by atoms with Crippen LogP contribution < -0.4 is 5.32 Å². The molecule has 0 radical (unpaired) electrons. The molecule has 1 saturated carbocycles. The molecule has 4 rings (SSSR count). The van der Waals surface area contributed by atoms with Gasteiger partial charge in [0, 0.05) is 40.2 Å². The number of nitriles is 1. The van der Waals surface area contributed by atoms with E-state index >= 15 is 0 Å². The lowest BCUT2D eigenvalue weighted by Crippen LogP contribution is -2.36. The summed E-state index contributed by atoms with van der Waals surface area (Å²) in [7, 11) is 0. The summed E-state index contributed by atoms with van der Waals surface area (Å²) in [4.78, 5) is 24.4. The van der Waals surface area contributed by atoms with Crippen LogP contribution in [0.4, 0.5) is 5.69 Å². The molecule has 2 aromatic carbocycles. The lowest BCUT2D eigenvalue weighted by atomic mass is 9.95. The van der Waals surface area contributed by atoms with Gasteiger partial charge in [-0.3, -0.25) is 14.9 Å². The van der Waals surface area contributed by atoms with Crippen molar-refractivity contribution in [1.82, 2.24) is 20.1 Å². The van der Waals surface area contributed by atoms with Crippen LogP contribution in [-0.2, 0) is 11.3 Å². The number of nitro benzene ring substituents is 1. The zero-order valence-corrected chi connectivity index (χ0v) is 21.8. The number of halogens is 1. The molecule has 0 spiro atoms. The number of nitro groups is 1. The molecule has 190 valence electrons. The van der Waals surface area contributed by atoms with E-state index in [9.17, 15) is 20.2 Å². The van der Waals surface area contributed by atoms with Gasteiger partial charge < -0.3 is 9.88 Å². The average molecular weight is 537 g/mol. The first-order valence-corrected chi connectivity index (χ1v) is 13.2. The molecule has 0 unspecified atom stereocenters. The molecular formula is C26H25ClN6O3S. The molecule has 11 heteroatoms.